The summed E-state index contributed by atoms with van der Waals surface area (Å²) in [7, 11) is -4.33. The first-order valence-corrected chi connectivity index (χ1v) is 6.53. The van der Waals surface area contributed by atoms with E-state index in [-0.39, 0.29) is 24.5 Å². The second kappa shape index (κ2) is 4.99. The van der Waals surface area contributed by atoms with Gasteiger partial charge < -0.3 is 0 Å². The van der Waals surface area contributed by atoms with Gasteiger partial charge >= 0.3 is 6.18 Å². The van der Waals surface area contributed by atoms with Gasteiger partial charge in [-0.1, -0.05) is 11.6 Å². The minimum absolute atomic E-state index is 0.0206. The van der Waals surface area contributed by atoms with Crippen molar-refractivity contribution in [3.63, 3.8) is 0 Å². The van der Waals surface area contributed by atoms with Crippen molar-refractivity contribution in [2.24, 2.45) is 0 Å². The Labute approximate surface area is 102 Å². The van der Waals surface area contributed by atoms with Gasteiger partial charge in [-0.25, -0.2) is 0 Å². The van der Waals surface area contributed by atoms with Gasteiger partial charge in [-0.3, -0.25) is 4.18 Å². The maximum absolute atomic E-state index is 12.7. The van der Waals surface area contributed by atoms with Crippen LogP contribution in [-0.2, 0) is 14.3 Å². The topological polar surface area (TPSA) is 43.4 Å². The molecule has 3 nitrogen and oxygen atoms in total. The maximum atomic E-state index is 12.7. The third kappa shape index (κ3) is 3.46. The van der Waals surface area contributed by atoms with Crippen molar-refractivity contribution in [1.29, 1.82) is 0 Å². The molecule has 0 spiro atoms. The van der Waals surface area contributed by atoms with E-state index in [1.165, 1.54) is 6.92 Å². The molecular weight excluding hydrogens is 281 g/mol. The van der Waals surface area contributed by atoms with Gasteiger partial charge in [0.15, 0.2) is 0 Å². The molecule has 0 N–H and O–H groups in total. The van der Waals surface area contributed by atoms with Crippen LogP contribution in [0.5, 0.6) is 0 Å². The first kappa shape index (κ1) is 14.5. The van der Waals surface area contributed by atoms with E-state index in [2.05, 4.69) is 4.18 Å². The predicted octanol–water partition coefficient (Wildman–Crippen LogP) is 3.09. The summed E-state index contributed by atoms with van der Waals surface area (Å²) in [4.78, 5) is -0.753. The van der Waals surface area contributed by atoms with E-state index in [1.807, 2.05) is 0 Å². The molecule has 0 fully saturated rings. The lowest BCUT2D eigenvalue weighted by atomic mass is 10.1. The zero-order valence-electron chi connectivity index (χ0n) is 8.84. The van der Waals surface area contributed by atoms with Crippen LogP contribution in [0.2, 0.25) is 0 Å². The van der Waals surface area contributed by atoms with Gasteiger partial charge in [0.1, 0.15) is 0 Å². The molecule has 1 aliphatic rings. The minimum Gasteiger partial charge on any atom is -0.267 e. The highest BCUT2D eigenvalue weighted by atomic mass is 35.5. The first-order valence-electron chi connectivity index (χ1n) is 4.74. The normalized spacial score (nSPS) is 18.3. The van der Waals surface area contributed by atoms with Crippen LogP contribution in [0.1, 0.15) is 19.8 Å². The number of hydrogen-bond acceptors (Lipinski definition) is 3. The van der Waals surface area contributed by atoms with Crippen molar-refractivity contribution < 1.29 is 25.8 Å². The predicted molar refractivity (Wildman–Crippen MR) is 56.8 cm³/mol. The molecule has 0 saturated carbocycles. The Morgan fingerprint density at radius 1 is 1.41 bits per heavy atom. The van der Waals surface area contributed by atoms with E-state index in [9.17, 15) is 21.6 Å². The van der Waals surface area contributed by atoms with Crippen LogP contribution < -0.4 is 0 Å². The Morgan fingerprint density at radius 2 is 2.00 bits per heavy atom. The van der Waals surface area contributed by atoms with Crippen molar-refractivity contribution >= 4 is 21.7 Å². The highest BCUT2D eigenvalue weighted by Crippen LogP contribution is 2.39. The van der Waals surface area contributed by atoms with Crippen molar-refractivity contribution in [3.8, 4) is 0 Å². The smallest absolute Gasteiger partial charge is 0.267 e. The van der Waals surface area contributed by atoms with Gasteiger partial charge in [-0.15, -0.1) is 0 Å². The molecule has 0 bridgehead atoms. The Hall–Kier alpha value is -0.530. The molecule has 0 aromatic heterocycles. The third-order valence-electron chi connectivity index (χ3n) is 2.07. The van der Waals surface area contributed by atoms with Crippen molar-refractivity contribution in [1.82, 2.24) is 0 Å². The molecule has 0 atom stereocenters. The lowest BCUT2D eigenvalue weighted by Crippen LogP contribution is -2.21. The summed E-state index contributed by atoms with van der Waals surface area (Å²) in [6.45, 7) is 1.17. The fourth-order valence-electron chi connectivity index (χ4n) is 1.40. The number of alkyl halides is 3. The molecule has 0 unspecified atom stereocenters. The number of allylic oxidation sites excluding steroid dienone is 4. The minimum atomic E-state index is -4.76. The number of halogens is 4. The summed E-state index contributed by atoms with van der Waals surface area (Å²) < 4.78 is 65.3. The SMILES string of the molecule is CCOS(=O)(=O)C1=C(C(F)(F)F)C=C(Cl)CC1. The molecule has 1 rings (SSSR count). The second-order valence-electron chi connectivity index (χ2n) is 3.29. The quantitative estimate of drug-likeness (QED) is 0.750. The fraction of sp³-hybridized carbons (Fsp3) is 0.556. The van der Waals surface area contributed by atoms with Gasteiger partial charge in [0.2, 0.25) is 0 Å². The summed E-state index contributed by atoms with van der Waals surface area (Å²) in [5.74, 6) is 0. The molecule has 0 amide bonds. The molecule has 0 aromatic carbocycles. The van der Waals surface area contributed by atoms with Gasteiger partial charge in [-0.2, -0.15) is 21.6 Å². The Balaban J connectivity index is 3.34. The highest BCUT2D eigenvalue weighted by Gasteiger charge is 2.40. The standard InChI is InChI=1S/C9H10ClF3O3S/c1-2-16-17(14,15)8-4-3-6(10)5-7(8)9(11,12)13/h5H,2-4H2,1H3. The summed E-state index contributed by atoms with van der Waals surface area (Å²) >= 11 is 5.50. The van der Waals surface area contributed by atoms with Crippen LogP contribution >= 0.6 is 11.6 Å². The molecule has 1 aliphatic carbocycles. The van der Waals surface area contributed by atoms with Crippen LogP contribution in [0.4, 0.5) is 13.2 Å². The average molecular weight is 291 g/mol. The van der Waals surface area contributed by atoms with E-state index in [4.69, 9.17) is 11.6 Å². The monoisotopic (exact) mass is 290 g/mol. The van der Waals surface area contributed by atoms with E-state index in [1.54, 1.807) is 0 Å². The summed E-state index contributed by atoms with van der Waals surface area (Å²) in [5, 5.41) is -0.0206. The fourth-order valence-corrected chi connectivity index (χ4v) is 2.85. The zero-order valence-corrected chi connectivity index (χ0v) is 10.4. The van der Waals surface area contributed by atoms with E-state index in [0.717, 1.165) is 0 Å². The Morgan fingerprint density at radius 3 is 2.47 bits per heavy atom. The molecule has 8 heteroatoms. The second-order valence-corrected chi connectivity index (χ2v) is 5.41. The lowest BCUT2D eigenvalue weighted by molar-refractivity contribution is -0.0890. The highest BCUT2D eigenvalue weighted by molar-refractivity contribution is 7.90. The van der Waals surface area contributed by atoms with Crippen LogP contribution in [0.3, 0.4) is 0 Å². The zero-order chi connectivity index (χ0) is 13.3. The third-order valence-corrected chi connectivity index (χ3v) is 3.94. The summed E-state index contributed by atoms with van der Waals surface area (Å²) in [6.07, 6.45) is -4.37. The van der Waals surface area contributed by atoms with Crippen LogP contribution in [-0.4, -0.2) is 21.2 Å². The maximum Gasteiger partial charge on any atom is 0.417 e. The molecule has 0 heterocycles. The molecule has 0 aliphatic heterocycles. The largest absolute Gasteiger partial charge is 0.417 e. The lowest BCUT2D eigenvalue weighted by Gasteiger charge is -2.19. The van der Waals surface area contributed by atoms with Gasteiger partial charge in [0, 0.05) is 5.03 Å². The van der Waals surface area contributed by atoms with Crippen LogP contribution in [0.15, 0.2) is 21.6 Å². The summed E-state index contributed by atoms with van der Waals surface area (Å²) in [6, 6.07) is 0. The van der Waals surface area contributed by atoms with Gasteiger partial charge in [0.05, 0.1) is 17.1 Å². The first-order chi connectivity index (χ1) is 7.68. The molecule has 98 valence electrons. The molecule has 0 aromatic rings. The molecule has 0 saturated heterocycles. The van der Waals surface area contributed by atoms with Gasteiger partial charge in [-0.05, 0) is 25.8 Å². The summed E-state index contributed by atoms with van der Waals surface area (Å²) in [5.41, 5.74) is -1.25. The Kier molecular flexibility index (Phi) is 4.27. The molecule has 0 radical (unpaired) electrons. The van der Waals surface area contributed by atoms with Crippen molar-refractivity contribution in [2.75, 3.05) is 6.61 Å². The van der Waals surface area contributed by atoms with Crippen molar-refractivity contribution in [2.45, 2.75) is 25.9 Å². The Bertz CT molecular complexity index is 462. The average Bonchev–Trinajstić information content (AvgIpc) is 2.15. The molecular formula is C9H10ClF3O3S. The van der Waals surface area contributed by atoms with Crippen LogP contribution in [0.25, 0.3) is 0 Å². The number of rotatable bonds is 3. The molecule has 17 heavy (non-hydrogen) atoms. The van der Waals surface area contributed by atoms with Gasteiger partial charge in [0.25, 0.3) is 10.1 Å². The van der Waals surface area contributed by atoms with Crippen LogP contribution in [0, 0.1) is 0 Å². The van der Waals surface area contributed by atoms with E-state index in [0.29, 0.717) is 6.08 Å². The van der Waals surface area contributed by atoms with E-state index >= 15 is 0 Å². The van der Waals surface area contributed by atoms with E-state index < -0.39 is 26.8 Å². The number of hydrogen-bond donors (Lipinski definition) is 0. The van der Waals surface area contributed by atoms with Crippen molar-refractivity contribution in [3.05, 3.63) is 21.6 Å².